The normalized spacial score (nSPS) is 9.89. The number of rotatable bonds is 8. The molecule has 0 aliphatic carbocycles. The lowest BCUT2D eigenvalue weighted by molar-refractivity contribution is -0.116. The second-order valence-electron chi connectivity index (χ2n) is 4.00. The van der Waals surface area contributed by atoms with Crippen molar-refractivity contribution in [3.05, 3.63) is 29.8 Å². The maximum Gasteiger partial charge on any atom is 0.224 e. The van der Waals surface area contributed by atoms with Gasteiger partial charge in [0.1, 0.15) is 6.07 Å². The number of hydrogen-bond donors (Lipinski definition) is 2. The Hall–Kier alpha value is -1.51. The molecule has 1 aromatic rings. The Kier molecular flexibility index (Phi) is 7.71. The average Bonchev–Trinajstić information content (AvgIpc) is 2.43. The zero-order valence-corrected chi connectivity index (χ0v) is 11.6. The number of hydrogen-bond acceptors (Lipinski definition) is 4. The minimum atomic E-state index is -0.0644. The molecule has 2 N–H and O–H groups in total. The molecule has 0 saturated carbocycles. The number of thioether (sulfide) groups is 1. The Morgan fingerprint density at radius 3 is 2.79 bits per heavy atom. The van der Waals surface area contributed by atoms with Gasteiger partial charge in [-0.05, 0) is 36.5 Å². The van der Waals surface area contributed by atoms with Gasteiger partial charge >= 0.3 is 0 Å². The Labute approximate surface area is 117 Å². The predicted molar refractivity (Wildman–Crippen MR) is 78.0 cm³/mol. The molecule has 1 aromatic carbocycles. The van der Waals surface area contributed by atoms with Gasteiger partial charge in [-0.15, -0.1) is 0 Å². The van der Waals surface area contributed by atoms with E-state index < -0.39 is 0 Å². The van der Waals surface area contributed by atoms with Gasteiger partial charge in [0, 0.05) is 13.0 Å². The number of carbonyl (C=O) groups excluding carboxylic acids is 1. The minimum absolute atomic E-state index is 0.0644. The van der Waals surface area contributed by atoms with Crippen molar-refractivity contribution in [1.82, 2.24) is 0 Å². The Morgan fingerprint density at radius 1 is 1.32 bits per heavy atom. The molecule has 1 amide bonds. The number of amides is 1. The van der Waals surface area contributed by atoms with E-state index in [9.17, 15) is 4.79 Å². The highest BCUT2D eigenvalue weighted by molar-refractivity contribution is 7.99. The second-order valence-corrected chi connectivity index (χ2v) is 5.22. The first-order valence-electron chi connectivity index (χ1n) is 6.25. The SMILES string of the molecule is N#Cc1ccccc1NC(=O)CCCSCCCO. The van der Waals surface area contributed by atoms with Crippen LogP contribution in [0.3, 0.4) is 0 Å². The van der Waals surface area contributed by atoms with Crippen molar-refractivity contribution >= 4 is 23.4 Å². The van der Waals surface area contributed by atoms with Crippen LogP contribution in [0.15, 0.2) is 24.3 Å². The number of para-hydroxylation sites is 1. The number of aliphatic hydroxyl groups excluding tert-OH is 1. The Balaban J connectivity index is 2.26. The van der Waals surface area contributed by atoms with E-state index in [1.807, 2.05) is 6.07 Å². The topological polar surface area (TPSA) is 73.1 Å². The maximum atomic E-state index is 11.7. The van der Waals surface area contributed by atoms with Gasteiger partial charge in [-0.3, -0.25) is 4.79 Å². The summed E-state index contributed by atoms with van der Waals surface area (Å²) in [4.78, 5) is 11.7. The average molecular weight is 278 g/mol. The van der Waals surface area contributed by atoms with E-state index in [-0.39, 0.29) is 12.5 Å². The van der Waals surface area contributed by atoms with Crippen LogP contribution in [0.2, 0.25) is 0 Å². The minimum Gasteiger partial charge on any atom is -0.396 e. The molecule has 0 radical (unpaired) electrons. The van der Waals surface area contributed by atoms with E-state index in [2.05, 4.69) is 5.32 Å². The van der Waals surface area contributed by atoms with Crippen molar-refractivity contribution in [2.24, 2.45) is 0 Å². The van der Waals surface area contributed by atoms with Gasteiger partial charge in [0.25, 0.3) is 0 Å². The fourth-order valence-electron chi connectivity index (χ4n) is 1.51. The van der Waals surface area contributed by atoms with Crippen LogP contribution in [-0.2, 0) is 4.79 Å². The molecule has 0 aliphatic heterocycles. The lowest BCUT2D eigenvalue weighted by atomic mass is 10.2. The zero-order chi connectivity index (χ0) is 13.9. The molecular formula is C14H18N2O2S. The summed E-state index contributed by atoms with van der Waals surface area (Å²) in [5, 5.41) is 20.3. The first-order chi connectivity index (χ1) is 9.27. The highest BCUT2D eigenvalue weighted by Gasteiger charge is 2.05. The molecule has 0 unspecified atom stereocenters. The molecule has 0 aromatic heterocycles. The molecular weight excluding hydrogens is 260 g/mol. The first-order valence-corrected chi connectivity index (χ1v) is 7.41. The monoisotopic (exact) mass is 278 g/mol. The number of nitrogens with one attached hydrogen (secondary N) is 1. The highest BCUT2D eigenvalue weighted by Crippen LogP contribution is 2.14. The van der Waals surface area contributed by atoms with Crippen LogP contribution in [0.5, 0.6) is 0 Å². The van der Waals surface area contributed by atoms with Crippen molar-refractivity contribution < 1.29 is 9.90 Å². The van der Waals surface area contributed by atoms with E-state index >= 15 is 0 Å². The van der Waals surface area contributed by atoms with E-state index in [4.69, 9.17) is 10.4 Å². The molecule has 0 spiro atoms. The molecule has 5 heteroatoms. The number of nitriles is 1. The maximum absolute atomic E-state index is 11.7. The molecule has 0 heterocycles. The fraction of sp³-hybridized carbons (Fsp3) is 0.429. The number of nitrogens with zero attached hydrogens (tertiary/aromatic N) is 1. The van der Waals surface area contributed by atoms with Crippen molar-refractivity contribution in [3.8, 4) is 6.07 Å². The third-order valence-electron chi connectivity index (χ3n) is 2.46. The van der Waals surface area contributed by atoms with Crippen LogP contribution in [0, 0.1) is 11.3 Å². The van der Waals surface area contributed by atoms with Crippen LogP contribution in [-0.4, -0.2) is 29.1 Å². The summed E-state index contributed by atoms with van der Waals surface area (Å²) in [5.41, 5.74) is 1.05. The third kappa shape index (κ3) is 6.27. The molecule has 0 atom stereocenters. The lowest BCUT2D eigenvalue weighted by Gasteiger charge is -2.06. The third-order valence-corrected chi connectivity index (χ3v) is 3.62. The largest absolute Gasteiger partial charge is 0.396 e. The van der Waals surface area contributed by atoms with Crippen LogP contribution in [0.25, 0.3) is 0 Å². The van der Waals surface area contributed by atoms with Crippen LogP contribution < -0.4 is 5.32 Å². The smallest absolute Gasteiger partial charge is 0.224 e. The van der Waals surface area contributed by atoms with Crippen LogP contribution in [0.4, 0.5) is 5.69 Å². The molecule has 1 rings (SSSR count). The zero-order valence-electron chi connectivity index (χ0n) is 10.8. The van der Waals surface area contributed by atoms with E-state index in [1.165, 1.54) is 0 Å². The number of aliphatic hydroxyl groups is 1. The molecule has 4 nitrogen and oxygen atoms in total. The van der Waals surface area contributed by atoms with E-state index in [0.29, 0.717) is 17.7 Å². The van der Waals surface area contributed by atoms with Gasteiger partial charge in [-0.1, -0.05) is 12.1 Å². The predicted octanol–water partition coefficient (Wildman–Crippen LogP) is 2.39. The van der Waals surface area contributed by atoms with Crippen LogP contribution in [0.1, 0.15) is 24.8 Å². The summed E-state index contributed by atoms with van der Waals surface area (Å²) < 4.78 is 0. The fourth-order valence-corrected chi connectivity index (χ4v) is 2.39. The van der Waals surface area contributed by atoms with E-state index in [0.717, 1.165) is 24.3 Å². The summed E-state index contributed by atoms with van der Waals surface area (Å²) in [6.45, 7) is 0.221. The van der Waals surface area contributed by atoms with Gasteiger partial charge in [-0.25, -0.2) is 0 Å². The van der Waals surface area contributed by atoms with Crippen molar-refractivity contribution in [3.63, 3.8) is 0 Å². The second kappa shape index (κ2) is 9.42. The Bertz CT molecular complexity index is 443. The molecule has 0 aliphatic rings. The number of benzene rings is 1. The molecule has 0 fully saturated rings. The van der Waals surface area contributed by atoms with Crippen molar-refractivity contribution in [1.29, 1.82) is 5.26 Å². The summed E-state index contributed by atoms with van der Waals surface area (Å²) in [5.74, 6) is 1.77. The summed E-state index contributed by atoms with van der Waals surface area (Å²) in [6, 6.07) is 9.02. The lowest BCUT2D eigenvalue weighted by Crippen LogP contribution is -2.12. The van der Waals surface area contributed by atoms with Gasteiger partial charge in [0.15, 0.2) is 0 Å². The van der Waals surface area contributed by atoms with Crippen LogP contribution >= 0.6 is 11.8 Å². The number of anilines is 1. The highest BCUT2D eigenvalue weighted by atomic mass is 32.2. The summed E-state index contributed by atoms with van der Waals surface area (Å²) >= 11 is 1.74. The van der Waals surface area contributed by atoms with Gasteiger partial charge in [0.2, 0.25) is 5.91 Å². The van der Waals surface area contributed by atoms with Gasteiger partial charge in [0.05, 0.1) is 11.3 Å². The molecule has 102 valence electrons. The molecule has 0 bridgehead atoms. The van der Waals surface area contributed by atoms with Crippen molar-refractivity contribution in [2.45, 2.75) is 19.3 Å². The molecule has 19 heavy (non-hydrogen) atoms. The summed E-state index contributed by atoms with van der Waals surface area (Å²) in [6.07, 6.45) is 2.05. The van der Waals surface area contributed by atoms with E-state index in [1.54, 1.807) is 36.0 Å². The first kappa shape index (κ1) is 15.5. The van der Waals surface area contributed by atoms with Gasteiger partial charge in [-0.2, -0.15) is 17.0 Å². The Morgan fingerprint density at radius 2 is 2.05 bits per heavy atom. The quantitative estimate of drug-likeness (QED) is 0.716. The summed E-state index contributed by atoms with van der Waals surface area (Å²) in [7, 11) is 0. The number of carbonyl (C=O) groups is 1. The molecule has 0 saturated heterocycles. The van der Waals surface area contributed by atoms with Gasteiger partial charge < -0.3 is 10.4 Å². The standard InChI is InChI=1S/C14H18N2O2S/c15-11-12-5-1-2-6-13(12)16-14(18)7-3-9-19-10-4-8-17/h1-2,5-6,17H,3-4,7-10H2,(H,16,18). The van der Waals surface area contributed by atoms with Crippen molar-refractivity contribution in [2.75, 3.05) is 23.4 Å².